The summed E-state index contributed by atoms with van der Waals surface area (Å²) in [5, 5.41) is 9.09. The molecule has 1 saturated heterocycles. The lowest BCUT2D eigenvalue weighted by atomic mass is 9.82. The van der Waals surface area contributed by atoms with E-state index in [1.807, 2.05) is 6.92 Å². The van der Waals surface area contributed by atoms with Gasteiger partial charge < -0.3 is 9.64 Å². The Morgan fingerprint density at radius 3 is 2.79 bits per heavy atom. The topological polar surface area (TPSA) is 66.2 Å². The maximum absolute atomic E-state index is 12.4. The van der Waals surface area contributed by atoms with Crippen LogP contribution in [0.15, 0.2) is 18.3 Å². The Hall–Kier alpha value is -2.09. The minimum atomic E-state index is -0.310. The van der Waals surface area contributed by atoms with Gasteiger partial charge in [0.25, 0.3) is 5.91 Å². The van der Waals surface area contributed by atoms with Crippen molar-refractivity contribution in [3.05, 3.63) is 23.9 Å². The third-order valence-corrected chi connectivity index (χ3v) is 3.62. The molecule has 1 aliphatic rings. The Morgan fingerprint density at radius 1 is 1.53 bits per heavy atom. The van der Waals surface area contributed by atoms with Gasteiger partial charge in [-0.15, -0.1) is 0 Å². The van der Waals surface area contributed by atoms with E-state index in [4.69, 9.17) is 10.00 Å². The maximum Gasteiger partial charge on any atom is 0.259 e. The fraction of sp³-hybridized carbons (Fsp3) is 0.500. The molecule has 1 fully saturated rings. The van der Waals surface area contributed by atoms with Crippen LogP contribution in [0.3, 0.4) is 0 Å². The third-order valence-electron chi connectivity index (χ3n) is 3.62. The van der Waals surface area contributed by atoms with Crippen molar-refractivity contribution in [2.24, 2.45) is 5.41 Å². The van der Waals surface area contributed by atoms with Crippen molar-refractivity contribution in [1.29, 1.82) is 5.26 Å². The molecule has 0 radical (unpaired) electrons. The number of methoxy groups -OCH3 is 1. The minimum Gasteiger partial charge on any atom is -0.480 e. The number of nitriles is 1. The quantitative estimate of drug-likeness (QED) is 0.813. The number of ether oxygens (including phenoxy) is 1. The summed E-state index contributed by atoms with van der Waals surface area (Å²) in [4.78, 5) is 18.2. The summed E-state index contributed by atoms with van der Waals surface area (Å²) in [6.45, 7) is 3.14. The smallest absolute Gasteiger partial charge is 0.259 e. The van der Waals surface area contributed by atoms with E-state index in [1.54, 1.807) is 23.2 Å². The molecule has 0 unspecified atom stereocenters. The molecule has 19 heavy (non-hydrogen) atoms. The molecular weight excluding hydrogens is 242 g/mol. The van der Waals surface area contributed by atoms with Crippen LogP contribution in [-0.2, 0) is 0 Å². The van der Waals surface area contributed by atoms with Crippen LogP contribution in [-0.4, -0.2) is 36.0 Å². The van der Waals surface area contributed by atoms with Crippen molar-refractivity contribution in [1.82, 2.24) is 9.88 Å². The lowest BCUT2D eigenvalue weighted by Gasteiger charge is -2.35. The van der Waals surface area contributed by atoms with E-state index in [0.717, 1.165) is 0 Å². The first-order valence-corrected chi connectivity index (χ1v) is 6.29. The monoisotopic (exact) mass is 259 g/mol. The van der Waals surface area contributed by atoms with Crippen LogP contribution in [0.2, 0.25) is 0 Å². The number of rotatable bonds is 2. The number of hydrogen-bond acceptors (Lipinski definition) is 4. The molecule has 0 bridgehead atoms. The Morgan fingerprint density at radius 2 is 2.21 bits per heavy atom. The van der Waals surface area contributed by atoms with E-state index in [0.29, 0.717) is 37.4 Å². The zero-order valence-electron chi connectivity index (χ0n) is 11.2. The molecule has 1 aromatic heterocycles. The fourth-order valence-corrected chi connectivity index (χ4v) is 2.20. The van der Waals surface area contributed by atoms with Crippen LogP contribution >= 0.6 is 0 Å². The molecular formula is C14H17N3O2. The van der Waals surface area contributed by atoms with Crippen molar-refractivity contribution >= 4 is 5.91 Å². The highest BCUT2D eigenvalue weighted by Crippen LogP contribution is 2.30. The van der Waals surface area contributed by atoms with Gasteiger partial charge in [-0.1, -0.05) is 0 Å². The first-order chi connectivity index (χ1) is 9.09. The lowest BCUT2D eigenvalue weighted by Crippen LogP contribution is -2.41. The standard InChI is InChI=1S/C14H17N3O2/c1-14(10-15)5-8-17(9-6-14)13(18)11-4-3-7-16-12(11)19-2/h3-4,7H,5-6,8-9H2,1-2H3. The molecule has 2 heterocycles. The summed E-state index contributed by atoms with van der Waals surface area (Å²) < 4.78 is 5.11. The number of hydrogen-bond donors (Lipinski definition) is 0. The van der Waals surface area contributed by atoms with E-state index in [-0.39, 0.29) is 11.3 Å². The van der Waals surface area contributed by atoms with Gasteiger partial charge in [-0.3, -0.25) is 4.79 Å². The molecule has 1 amide bonds. The number of piperidine rings is 1. The fourth-order valence-electron chi connectivity index (χ4n) is 2.20. The Labute approximate surface area is 112 Å². The minimum absolute atomic E-state index is 0.0788. The molecule has 0 aliphatic carbocycles. The number of carbonyl (C=O) groups is 1. The number of likely N-dealkylation sites (tertiary alicyclic amines) is 1. The summed E-state index contributed by atoms with van der Waals surface area (Å²) >= 11 is 0. The van der Waals surface area contributed by atoms with Gasteiger partial charge in [0.2, 0.25) is 5.88 Å². The van der Waals surface area contributed by atoms with Crippen LogP contribution in [0.1, 0.15) is 30.1 Å². The number of pyridine rings is 1. The van der Waals surface area contributed by atoms with E-state index in [2.05, 4.69) is 11.1 Å². The Bertz CT molecular complexity index is 514. The second-order valence-electron chi connectivity index (χ2n) is 5.02. The zero-order chi connectivity index (χ0) is 13.9. The summed E-state index contributed by atoms with van der Waals surface area (Å²) in [7, 11) is 1.50. The first-order valence-electron chi connectivity index (χ1n) is 6.29. The number of amides is 1. The van der Waals surface area contributed by atoms with E-state index < -0.39 is 0 Å². The first kappa shape index (κ1) is 13.3. The van der Waals surface area contributed by atoms with Crippen LogP contribution in [0, 0.1) is 16.7 Å². The molecule has 0 atom stereocenters. The van der Waals surface area contributed by atoms with Gasteiger partial charge in [0, 0.05) is 19.3 Å². The predicted molar refractivity (Wildman–Crippen MR) is 69.6 cm³/mol. The average Bonchev–Trinajstić information content (AvgIpc) is 2.47. The largest absolute Gasteiger partial charge is 0.480 e. The molecule has 100 valence electrons. The average molecular weight is 259 g/mol. The Kier molecular flexibility index (Phi) is 3.70. The normalized spacial score (nSPS) is 17.6. The summed E-state index contributed by atoms with van der Waals surface area (Å²) in [5.41, 5.74) is 0.168. The second kappa shape index (κ2) is 5.27. The summed E-state index contributed by atoms with van der Waals surface area (Å²) in [6, 6.07) is 5.76. The van der Waals surface area contributed by atoms with Gasteiger partial charge in [0.05, 0.1) is 18.6 Å². The van der Waals surface area contributed by atoms with Crippen molar-refractivity contribution in [2.75, 3.05) is 20.2 Å². The van der Waals surface area contributed by atoms with Gasteiger partial charge in [0.1, 0.15) is 5.56 Å². The van der Waals surface area contributed by atoms with Crippen molar-refractivity contribution in [2.45, 2.75) is 19.8 Å². The van der Waals surface area contributed by atoms with Crippen LogP contribution < -0.4 is 4.74 Å². The molecule has 2 rings (SSSR count). The Balaban J connectivity index is 2.12. The molecule has 1 aliphatic heterocycles. The molecule has 0 aromatic carbocycles. The number of aromatic nitrogens is 1. The molecule has 0 saturated carbocycles. The van der Waals surface area contributed by atoms with Crippen molar-refractivity contribution < 1.29 is 9.53 Å². The van der Waals surface area contributed by atoms with Crippen LogP contribution in [0.4, 0.5) is 0 Å². The maximum atomic E-state index is 12.4. The van der Waals surface area contributed by atoms with Crippen molar-refractivity contribution in [3.63, 3.8) is 0 Å². The van der Waals surface area contributed by atoms with Crippen LogP contribution in [0.5, 0.6) is 5.88 Å². The van der Waals surface area contributed by atoms with Gasteiger partial charge in [-0.05, 0) is 31.9 Å². The molecule has 5 nitrogen and oxygen atoms in total. The molecule has 0 N–H and O–H groups in total. The highest BCUT2D eigenvalue weighted by atomic mass is 16.5. The van der Waals surface area contributed by atoms with E-state index in [9.17, 15) is 4.79 Å². The lowest BCUT2D eigenvalue weighted by molar-refractivity contribution is 0.0657. The van der Waals surface area contributed by atoms with Gasteiger partial charge in [0.15, 0.2) is 0 Å². The van der Waals surface area contributed by atoms with Gasteiger partial charge >= 0.3 is 0 Å². The molecule has 0 spiro atoms. The molecule has 1 aromatic rings. The van der Waals surface area contributed by atoms with Gasteiger partial charge in [-0.2, -0.15) is 5.26 Å². The number of carbonyl (C=O) groups excluding carboxylic acids is 1. The SMILES string of the molecule is COc1ncccc1C(=O)N1CCC(C)(C#N)CC1. The molecule has 5 heteroatoms. The van der Waals surface area contributed by atoms with Crippen molar-refractivity contribution in [3.8, 4) is 11.9 Å². The van der Waals surface area contributed by atoms with E-state index >= 15 is 0 Å². The zero-order valence-corrected chi connectivity index (χ0v) is 11.2. The van der Waals surface area contributed by atoms with E-state index in [1.165, 1.54) is 7.11 Å². The summed E-state index contributed by atoms with van der Waals surface area (Å²) in [6.07, 6.45) is 3.01. The van der Waals surface area contributed by atoms with Crippen LogP contribution in [0.25, 0.3) is 0 Å². The highest BCUT2D eigenvalue weighted by Gasteiger charge is 2.32. The summed E-state index contributed by atoms with van der Waals surface area (Å²) in [5.74, 6) is 0.269. The predicted octanol–water partition coefficient (Wildman–Crippen LogP) is 1.86. The second-order valence-corrected chi connectivity index (χ2v) is 5.02. The third kappa shape index (κ3) is 2.68. The highest BCUT2D eigenvalue weighted by molar-refractivity contribution is 5.96. The van der Waals surface area contributed by atoms with Gasteiger partial charge in [-0.25, -0.2) is 4.98 Å². The number of nitrogens with zero attached hydrogens (tertiary/aromatic N) is 3.